The van der Waals surface area contributed by atoms with E-state index in [0.717, 1.165) is 5.69 Å². The number of methoxy groups -OCH3 is 1. The molecule has 7 heteroatoms. The first-order chi connectivity index (χ1) is 8.76. The topological polar surface area (TPSA) is 76.9 Å². The molecule has 2 rings (SSSR count). The van der Waals surface area contributed by atoms with Crippen LogP contribution in [0.15, 0.2) is 18.6 Å². The van der Waals surface area contributed by atoms with Crippen molar-refractivity contribution in [3.8, 4) is 5.75 Å². The van der Waals surface area contributed by atoms with Crippen molar-refractivity contribution in [3.05, 3.63) is 24.3 Å². The SMILES string of the molecule is CNc1ncnc(NCc2ccnn2C)c1OC. The fourth-order valence-electron chi connectivity index (χ4n) is 1.62. The van der Waals surface area contributed by atoms with E-state index in [4.69, 9.17) is 4.74 Å². The number of nitrogens with one attached hydrogen (secondary N) is 2. The molecule has 0 unspecified atom stereocenters. The van der Waals surface area contributed by atoms with E-state index in [1.54, 1.807) is 25.0 Å². The van der Waals surface area contributed by atoms with Crippen LogP contribution in [0.25, 0.3) is 0 Å². The van der Waals surface area contributed by atoms with Gasteiger partial charge in [0, 0.05) is 20.3 Å². The molecule has 0 fully saturated rings. The van der Waals surface area contributed by atoms with Crippen LogP contribution in [0, 0.1) is 0 Å². The van der Waals surface area contributed by atoms with Gasteiger partial charge in [-0.3, -0.25) is 4.68 Å². The van der Waals surface area contributed by atoms with Crippen molar-refractivity contribution in [2.45, 2.75) is 6.54 Å². The van der Waals surface area contributed by atoms with Gasteiger partial charge in [0.2, 0.25) is 5.75 Å². The van der Waals surface area contributed by atoms with Crippen LogP contribution in [0.5, 0.6) is 5.75 Å². The zero-order valence-electron chi connectivity index (χ0n) is 10.6. The molecule has 2 heterocycles. The van der Waals surface area contributed by atoms with E-state index in [2.05, 4.69) is 25.7 Å². The third-order valence-electron chi connectivity index (χ3n) is 2.60. The van der Waals surface area contributed by atoms with Crippen LogP contribution in [-0.2, 0) is 13.6 Å². The zero-order valence-corrected chi connectivity index (χ0v) is 10.6. The summed E-state index contributed by atoms with van der Waals surface area (Å²) in [5.41, 5.74) is 1.06. The average molecular weight is 248 g/mol. The number of rotatable bonds is 5. The van der Waals surface area contributed by atoms with Crippen molar-refractivity contribution < 1.29 is 4.74 Å². The molecule has 2 N–H and O–H groups in total. The third-order valence-corrected chi connectivity index (χ3v) is 2.60. The van der Waals surface area contributed by atoms with Gasteiger partial charge in [-0.15, -0.1) is 0 Å². The zero-order chi connectivity index (χ0) is 13.0. The Hall–Kier alpha value is -2.31. The maximum absolute atomic E-state index is 5.30. The number of nitrogens with zero attached hydrogens (tertiary/aromatic N) is 4. The summed E-state index contributed by atoms with van der Waals surface area (Å²) in [6, 6.07) is 1.94. The molecule has 7 nitrogen and oxygen atoms in total. The summed E-state index contributed by atoms with van der Waals surface area (Å²) < 4.78 is 7.10. The van der Waals surface area contributed by atoms with Gasteiger partial charge in [0.25, 0.3) is 0 Å². The fraction of sp³-hybridized carbons (Fsp3) is 0.364. The Labute approximate surface area is 105 Å². The second kappa shape index (κ2) is 5.35. The van der Waals surface area contributed by atoms with Gasteiger partial charge in [0.15, 0.2) is 11.6 Å². The van der Waals surface area contributed by atoms with Crippen molar-refractivity contribution in [2.75, 3.05) is 24.8 Å². The third kappa shape index (κ3) is 2.34. The summed E-state index contributed by atoms with van der Waals surface area (Å²) in [6.45, 7) is 0.618. The summed E-state index contributed by atoms with van der Waals surface area (Å²) in [5.74, 6) is 1.90. The van der Waals surface area contributed by atoms with Gasteiger partial charge < -0.3 is 15.4 Å². The predicted molar refractivity (Wildman–Crippen MR) is 68.7 cm³/mol. The Morgan fingerprint density at radius 2 is 2.11 bits per heavy atom. The highest BCUT2D eigenvalue weighted by molar-refractivity contribution is 5.63. The van der Waals surface area contributed by atoms with Gasteiger partial charge in [0.05, 0.1) is 19.3 Å². The Morgan fingerprint density at radius 3 is 2.72 bits per heavy atom. The van der Waals surface area contributed by atoms with E-state index in [1.165, 1.54) is 6.33 Å². The molecule has 0 spiro atoms. The molecule has 0 atom stereocenters. The van der Waals surface area contributed by atoms with Crippen LogP contribution in [-0.4, -0.2) is 33.9 Å². The summed E-state index contributed by atoms with van der Waals surface area (Å²) >= 11 is 0. The lowest BCUT2D eigenvalue weighted by molar-refractivity contribution is 0.415. The minimum Gasteiger partial charge on any atom is -0.490 e. The molecule has 2 aromatic rings. The minimum atomic E-state index is 0.599. The van der Waals surface area contributed by atoms with Crippen molar-refractivity contribution in [2.24, 2.45) is 7.05 Å². The smallest absolute Gasteiger partial charge is 0.204 e. The van der Waals surface area contributed by atoms with Gasteiger partial charge in [-0.2, -0.15) is 5.10 Å². The minimum absolute atomic E-state index is 0.599. The van der Waals surface area contributed by atoms with E-state index in [-0.39, 0.29) is 0 Å². The predicted octanol–water partition coefficient (Wildman–Crippen LogP) is 0.872. The van der Waals surface area contributed by atoms with Crippen LogP contribution in [0.3, 0.4) is 0 Å². The number of hydrogen-bond acceptors (Lipinski definition) is 6. The van der Waals surface area contributed by atoms with Gasteiger partial charge in [0.1, 0.15) is 6.33 Å². The van der Waals surface area contributed by atoms with E-state index in [0.29, 0.717) is 23.9 Å². The van der Waals surface area contributed by atoms with Crippen LogP contribution in [0.1, 0.15) is 5.69 Å². The first-order valence-corrected chi connectivity index (χ1v) is 5.53. The highest BCUT2D eigenvalue weighted by Gasteiger charge is 2.10. The number of aromatic nitrogens is 4. The largest absolute Gasteiger partial charge is 0.490 e. The van der Waals surface area contributed by atoms with Crippen LogP contribution < -0.4 is 15.4 Å². The molecule has 0 radical (unpaired) electrons. The number of ether oxygens (including phenoxy) is 1. The van der Waals surface area contributed by atoms with E-state index in [1.807, 2.05) is 13.1 Å². The summed E-state index contributed by atoms with van der Waals surface area (Å²) in [5, 5.41) is 10.3. The molecule has 0 bridgehead atoms. The lowest BCUT2D eigenvalue weighted by Crippen LogP contribution is -2.09. The van der Waals surface area contributed by atoms with Gasteiger partial charge in [-0.1, -0.05) is 0 Å². The molecule has 0 amide bonds. The molecular weight excluding hydrogens is 232 g/mol. The number of aryl methyl sites for hydroxylation is 1. The van der Waals surface area contributed by atoms with E-state index >= 15 is 0 Å². The Bertz CT molecular complexity index is 524. The molecule has 0 aliphatic carbocycles. The molecule has 0 saturated heterocycles. The van der Waals surface area contributed by atoms with Crippen LogP contribution in [0.4, 0.5) is 11.6 Å². The van der Waals surface area contributed by atoms with E-state index < -0.39 is 0 Å². The Morgan fingerprint density at radius 1 is 1.33 bits per heavy atom. The second-order valence-electron chi connectivity index (χ2n) is 3.65. The van der Waals surface area contributed by atoms with Gasteiger partial charge in [-0.05, 0) is 6.07 Å². The number of hydrogen-bond donors (Lipinski definition) is 2. The van der Waals surface area contributed by atoms with Crippen molar-refractivity contribution in [1.29, 1.82) is 0 Å². The lowest BCUT2D eigenvalue weighted by Gasteiger charge is -2.12. The quantitative estimate of drug-likeness (QED) is 0.817. The molecule has 0 saturated carbocycles. The van der Waals surface area contributed by atoms with Crippen molar-refractivity contribution in [1.82, 2.24) is 19.7 Å². The first-order valence-electron chi connectivity index (χ1n) is 5.53. The van der Waals surface area contributed by atoms with E-state index in [9.17, 15) is 0 Å². The highest BCUT2D eigenvalue weighted by Crippen LogP contribution is 2.28. The molecule has 0 aliphatic rings. The molecular formula is C11H16N6O. The summed E-state index contributed by atoms with van der Waals surface area (Å²) in [7, 11) is 5.28. The summed E-state index contributed by atoms with van der Waals surface area (Å²) in [6.07, 6.45) is 3.24. The molecule has 0 aliphatic heterocycles. The van der Waals surface area contributed by atoms with Gasteiger partial charge >= 0.3 is 0 Å². The van der Waals surface area contributed by atoms with Crippen LogP contribution >= 0.6 is 0 Å². The standard InChI is InChI=1S/C11H16N6O/c1-12-10-9(18-3)11(15-7-14-10)13-6-8-4-5-16-17(8)2/h4-5,7H,6H2,1-3H3,(H2,12,13,14,15). The first kappa shape index (κ1) is 12.2. The second-order valence-corrected chi connectivity index (χ2v) is 3.65. The van der Waals surface area contributed by atoms with Crippen molar-refractivity contribution in [3.63, 3.8) is 0 Å². The highest BCUT2D eigenvalue weighted by atomic mass is 16.5. The maximum atomic E-state index is 5.30. The maximum Gasteiger partial charge on any atom is 0.204 e. The van der Waals surface area contributed by atoms with Crippen LogP contribution in [0.2, 0.25) is 0 Å². The Kier molecular flexibility index (Phi) is 3.61. The monoisotopic (exact) mass is 248 g/mol. The Balaban J connectivity index is 2.16. The molecule has 2 aromatic heterocycles. The van der Waals surface area contributed by atoms with Crippen molar-refractivity contribution >= 4 is 11.6 Å². The molecule has 96 valence electrons. The average Bonchev–Trinajstić information content (AvgIpc) is 2.81. The normalized spacial score (nSPS) is 10.2. The van der Waals surface area contributed by atoms with Gasteiger partial charge in [-0.25, -0.2) is 9.97 Å². The molecule has 18 heavy (non-hydrogen) atoms. The fourth-order valence-corrected chi connectivity index (χ4v) is 1.62. The molecule has 0 aromatic carbocycles. The summed E-state index contributed by atoms with van der Waals surface area (Å²) in [4.78, 5) is 8.26. The number of anilines is 2. The lowest BCUT2D eigenvalue weighted by atomic mass is 10.4.